The van der Waals surface area contributed by atoms with E-state index in [4.69, 9.17) is 0 Å². The van der Waals surface area contributed by atoms with Gasteiger partial charge in [0.2, 0.25) is 0 Å². The van der Waals surface area contributed by atoms with E-state index in [9.17, 15) is 4.39 Å². The van der Waals surface area contributed by atoms with Gasteiger partial charge in [0.25, 0.3) is 0 Å². The van der Waals surface area contributed by atoms with E-state index >= 15 is 0 Å². The lowest BCUT2D eigenvalue weighted by Crippen LogP contribution is -2.00. The molecule has 0 bridgehead atoms. The zero-order valence-electron chi connectivity index (χ0n) is 7.69. The number of aryl methyl sites for hydroxylation is 1. The normalized spacial score (nSPS) is 16.3. The predicted molar refractivity (Wildman–Crippen MR) is 53.3 cm³/mol. The van der Waals surface area contributed by atoms with Crippen molar-refractivity contribution in [3.63, 3.8) is 0 Å². The molecule has 2 rings (SSSR count). The van der Waals surface area contributed by atoms with Crippen LogP contribution in [0.25, 0.3) is 0 Å². The topological polar surface area (TPSA) is 12.9 Å². The Morgan fingerprint density at radius 3 is 2.54 bits per heavy atom. The first kappa shape index (κ1) is 9.13. The van der Waals surface area contributed by atoms with E-state index in [1.165, 1.54) is 0 Å². The Labute approximate surface area is 85.5 Å². The number of rotatable bonds is 1. The molecule has 0 aliphatic heterocycles. The molecule has 0 unspecified atom stereocenters. The number of hydrogen-bond acceptors (Lipinski definition) is 1. The van der Waals surface area contributed by atoms with Crippen molar-refractivity contribution in [2.45, 2.75) is 32.6 Å². The lowest BCUT2D eigenvalue weighted by atomic mass is 10.1. The first-order valence-electron chi connectivity index (χ1n) is 4.43. The van der Waals surface area contributed by atoms with Crippen molar-refractivity contribution in [3.8, 4) is 0 Å². The monoisotopic (exact) mass is 243 g/mol. The van der Waals surface area contributed by atoms with Crippen molar-refractivity contribution in [3.05, 3.63) is 27.2 Å². The second-order valence-corrected chi connectivity index (χ2v) is 4.40. The number of pyridine rings is 1. The fourth-order valence-corrected chi connectivity index (χ4v) is 1.87. The highest BCUT2D eigenvalue weighted by Gasteiger charge is 2.29. The molecule has 1 aromatic rings. The highest BCUT2D eigenvalue weighted by atomic mass is 79.9. The molecule has 1 nitrogen and oxygen atoms in total. The standard InChI is InChI=1S/C10H11BrFN/c1-5-6(2)13-10(7-3-4-7)9(12)8(5)11/h7H,3-4H2,1-2H3. The molecule has 0 amide bonds. The third-order valence-electron chi connectivity index (χ3n) is 2.54. The molecule has 0 atom stereocenters. The van der Waals surface area contributed by atoms with E-state index in [2.05, 4.69) is 20.9 Å². The van der Waals surface area contributed by atoms with Crippen LogP contribution in [0.15, 0.2) is 4.47 Å². The highest BCUT2D eigenvalue weighted by molar-refractivity contribution is 9.10. The van der Waals surface area contributed by atoms with Gasteiger partial charge >= 0.3 is 0 Å². The fourth-order valence-electron chi connectivity index (χ4n) is 1.38. The molecule has 1 fully saturated rings. The van der Waals surface area contributed by atoms with Crippen LogP contribution >= 0.6 is 15.9 Å². The van der Waals surface area contributed by atoms with Crippen LogP contribution in [0.5, 0.6) is 0 Å². The van der Waals surface area contributed by atoms with Crippen LogP contribution in [0.3, 0.4) is 0 Å². The minimum Gasteiger partial charge on any atom is -0.254 e. The molecular weight excluding hydrogens is 233 g/mol. The van der Waals surface area contributed by atoms with Crippen LogP contribution in [0.4, 0.5) is 4.39 Å². The Morgan fingerprint density at radius 2 is 2.00 bits per heavy atom. The summed E-state index contributed by atoms with van der Waals surface area (Å²) < 4.78 is 14.2. The van der Waals surface area contributed by atoms with Gasteiger partial charge in [-0.25, -0.2) is 4.39 Å². The Bertz CT molecular complexity index is 358. The van der Waals surface area contributed by atoms with Gasteiger partial charge in [-0.3, -0.25) is 4.98 Å². The summed E-state index contributed by atoms with van der Waals surface area (Å²) in [5.41, 5.74) is 2.48. The van der Waals surface area contributed by atoms with Gasteiger partial charge in [-0.1, -0.05) is 0 Å². The van der Waals surface area contributed by atoms with Gasteiger partial charge in [0.15, 0.2) is 5.82 Å². The largest absolute Gasteiger partial charge is 0.254 e. The molecule has 1 saturated carbocycles. The van der Waals surface area contributed by atoms with E-state index in [1.54, 1.807) is 0 Å². The first-order chi connectivity index (χ1) is 6.11. The fraction of sp³-hybridized carbons (Fsp3) is 0.500. The smallest absolute Gasteiger partial charge is 0.159 e. The molecule has 0 radical (unpaired) electrons. The van der Waals surface area contributed by atoms with E-state index in [0.717, 1.165) is 24.1 Å². The Hall–Kier alpha value is -0.440. The summed E-state index contributed by atoms with van der Waals surface area (Å²) >= 11 is 3.26. The predicted octanol–water partition coefficient (Wildman–Crippen LogP) is 3.48. The van der Waals surface area contributed by atoms with Crippen molar-refractivity contribution in [1.82, 2.24) is 4.98 Å². The van der Waals surface area contributed by atoms with Crippen LogP contribution in [0.2, 0.25) is 0 Å². The maximum Gasteiger partial charge on any atom is 0.159 e. The zero-order valence-corrected chi connectivity index (χ0v) is 9.28. The summed E-state index contributed by atoms with van der Waals surface area (Å²) in [5.74, 6) is 0.209. The molecule has 13 heavy (non-hydrogen) atoms. The SMILES string of the molecule is Cc1nc(C2CC2)c(F)c(Br)c1C. The first-order valence-corrected chi connectivity index (χ1v) is 5.22. The lowest BCUT2D eigenvalue weighted by molar-refractivity contribution is 0.589. The third-order valence-corrected chi connectivity index (χ3v) is 3.48. The maximum atomic E-state index is 13.6. The second kappa shape index (κ2) is 3.05. The molecule has 1 aliphatic carbocycles. The summed E-state index contributed by atoms with van der Waals surface area (Å²) in [6.45, 7) is 3.80. The average molecular weight is 244 g/mol. The summed E-state index contributed by atoms with van der Waals surface area (Å²) in [6.07, 6.45) is 2.16. The number of nitrogens with zero attached hydrogens (tertiary/aromatic N) is 1. The van der Waals surface area contributed by atoms with E-state index in [-0.39, 0.29) is 5.82 Å². The average Bonchev–Trinajstić information content (AvgIpc) is 2.91. The molecule has 3 heteroatoms. The Kier molecular flexibility index (Phi) is 2.14. The molecule has 1 aromatic heterocycles. The quantitative estimate of drug-likeness (QED) is 0.736. The van der Waals surface area contributed by atoms with Gasteiger partial charge in [-0.2, -0.15) is 0 Å². The molecule has 0 aromatic carbocycles. The van der Waals surface area contributed by atoms with Crippen LogP contribution in [-0.4, -0.2) is 4.98 Å². The minimum atomic E-state index is -0.161. The van der Waals surface area contributed by atoms with Crippen molar-refractivity contribution in [1.29, 1.82) is 0 Å². The zero-order chi connectivity index (χ0) is 9.59. The summed E-state index contributed by atoms with van der Waals surface area (Å²) in [4.78, 5) is 4.29. The van der Waals surface area contributed by atoms with Gasteiger partial charge in [0, 0.05) is 11.6 Å². The van der Waals surface area contributed by atoms with Gasteiger partial charge in [-0.15, -0.1) is 0 Å². The summed E-state index contributed by atoms with van der Waals surface area (Å²) in [5, 5.41) is 0. The van der Waals surface area contributed by atoms with Crippen LogP contribution in [-0.2, 0) is 0 Å². The van der Waals surface area contributed by atoms with Gasteiger partial charge in [-0.05, 0) is 48.2 Å². The number of aromatic nitrogens is 1. The van der Waals surface area contributed by atoms with Gasteiger partial charge in [0.1, 0.15) is 0 Å². The minimum absolute atomic E-state index is 0.161. The highest BCUT2D eigenvalue weighted by Crippen LogP contribution is 2.42. The van der Waals surface area contributed by atoms with E-state index in [1.807, 2.05) is 13.8 Å². The second-order valence-electron chi connectivity index (χ2n) is 3.61. The Balaban J connectivity index is 2.58. The van der Waals surface area contributed by atoms with Crippen LogP contribution < -0.4 is 0 Å². The molecule has 70 valence electrons. The molecule has 1 aliphatic rings. The van der Waals surface area contributed by atoms with Crippen LogP contribution in [0.1, 0.15) is 35.7 Å². The molecule has 0 N–H and O–H groups in total. The van der Waals surface area contributed by atoms with Crippen molar-refractivity contribution >= 4 is 15.9 Å². The van der Waals surface area contributed by atoms with Gasteiger partial charge < -0.3 is 0 Å². The van der Waals surface area contributed by atoms with E-state index < -0.39 is 0 Å². The summed E-state index contributed by atoms with van der Waals surface area (Å²) in [7, 11) is 0. The molecular formula is C10H11BrFN. The summed E-state index contributed by atoms with van der Waals surface area (Å²) in [6, 6.07) is 0. The number of halogens is 2. The van der Waals surface area contributed by atoms with E-state index in [0.29, 0.717) is 16.1 Å². The lowest BCUT2D eigenvalue weighted by Gasteiger charge is -2.08. The van der Waals surface area contributed by atoms with Crippen LogP contribution in [0, 0.1) is 19.7 Å². The molecule has 1 heterocycles. The third kappa shape index (κ3) is 1.50. The Morgan fingerprint density at radius 1 is 1.38 bits per heavy atom. The van der Waals surface area contributed by atoms with Crippen molar-refractivity contribution in [2.75, 3.05) is 0 Å². The molecule has 0 saturated heterocycles. The maximum absolute atomic E-state index is 13.6. The van der Waals surface area contributed by atoms with Gasteiger partial charge in [0.05, 0.1) is 10.2 Å². The number of hydrogen-bond donors (Lipinski definition) is 0. The van der Waals surface area contributed by atoms with Crippen molar-refractivity contribution < 1.29 is 4.39 Å². The van der Waals surface area contributed by atoms with Crippen molar-refractivity contribution in [2.24, 2.45) is 0 Å². The molecule has 0 spiro atoms.